The fourth-order valence-corrected chi connectivity index (χ4v) is 3.36. The summed E-state index contributed by atoms with van der Waals surface area (Å²) in [6.45, 7) is 1.53. The van der Waals surface area contributed by atoms with Gasteiger partial charge in [-0.3, -0.25) is 0 Å². The molecule has 166 valence electrons. The van der Waals surface area contributed by atoms with Crippen LogP contribution in [0.2, 0.25) is 0 Å². The van der Waals surface area contributed by atoms with Gasteiger partial charge in [0.25, 0.3) is 0 Å². The van der Waals surface area contributed by atoms with E-state index in [1.165, 1.54) is 25.1 Å². The second-order valence-corrected chi connectivity index (χ2v) is 7.12. The van der Waals surface area contributed by atoms with Gasteiger partial charge >= 0.3 is 17.8 Å². The molecule has 0 bridgehead atoms. The molecule has 0 saturated carbocycles. The molecule has 0 radical (unpaired) electrons. The minimum Gasteiger partial charge on any atom is -0.423 e. The van der Waals surface area contributed by atoms with Crippen molar-refractivity contribution in [3.8, 4) is 11.1 Å². The van der Waals surface area contributed by atoms with Gasteiger partial charge in [0.05, 0.1) is 0 Å². The van der Waals surface area contributed by atoms with Crippen molar-refractivity contribution in [2.24, 2.45) is 0 Å². The van der Waals surface area contributed by atoms with Gasteiger partial charge in [0.2, 0.25) is 5.89 Å². The van der Waals surface area contributed by atoms with E-state index in [2.05, 4.69) is 15.5 Å². The zero-order chi connectivity index (χ0) is 22.9. The Labute approximate surface area is 178 Å². The number of nitrogens with zero attached hydrogens (tertiary/aromatic N) is 2. The van der Waals surface area contributed by atoms with Crippen molar-refractivity contribution < 1.29 is 26.4 Å². The highest BCUT2D eigenvalue weighted by molar-refractivity contribution is 5.93. The predicted octanol–water partition coefficient (Wildman–Crippen LogP) is 5.65. The van der Waals surface area contributed by atoms with E-state index < -0.39 is 23.6 Å². The van der Waals surface area contributed by atoms with Crippen LogP contribution in [0, 0.1) is 5.82 Å². The highest BCUT2D eigenvalue weighted by Crippen LogP contribution is 2.37. The molecule has 1 atom stereocenters. The van der Waals surface area contributed by atoms with Gasteiger partial charge in [-0.15, -0.1) is 5.10 Å². The number of halogens is 4. The lowest BCUT2D eigenvalue weighted by atomic mass is 10.0. The van der Waals surface area contributed by atoms with Crippen molar-refractivity contribution in [2.45, 2.75) is 32.0 Å². The molecule has 2 heterocycles. The molecule has 0 aliphatic carbocycles. The van der Waals surface area contributed by atoms with E-state index in [1.807, 2.05) is 0 Å². The van der Waals surface area contributed by atoms with Crippen LogP contribution in [0.3, 0.4) is 0 Å². The smallest absolute Gasteiger partial charge is 0.400 e. The summed E-state index contributed by atoms with van der Waals surface area (Å²) in [4.78, 5) is 12.0. The Kier molecular flexibility index (Phi) is 5.68. The molecule has 1 unspecified atom stereocenters. The molecule has 6 nitrogen and oxygen atoms in total. The van der Waals surface area contributed by atoms with Crippen molar-refractivity contribution in [3.05, 3.63) is 76.2 Å². The Morgan fingerprint density at radius 3 is 2.47 bits per heavy atom. The lowest BCUT2D eigenvalue weighted by Crippen LogP contribution is -2.20. The van der Waals surface area contributed by atoms with E-state index in [9.17, 15) is 22.4 Å². The average Bonchev–Trinajstić information content (AvgIpc) is 3.20. The molecule has 4 rings (SSSR count). The van der Waals surface area contributed by atoms with Crippen molar-refractivity contribution in [1.82, 2.24) is 10.2 Å². The summed E-state index contributed by atoms with van der Waals surface area (Å²) < 4.78 is 62.7. The maximum absolute atomic E-state index is 13.2. The van der Waals surface area contributed by atoms with E-state index in [0.717, 1.165) is 0 Å². The third-order valence-electron chi connectivity index (χ3n) is 4.95. The number of aromatic nitrogens is 2. The summed E-state index contributed by atoms with van der Waals surface area (Å²) in [6, 6.07) is 12.0. The van der Waals surface area contributed by atoms with Gasteiger partial charge in [0.1, 0.15) is 17.3 Å². The summed E-state index contributed by atoms with van der Waals surface area (Å²) in [6.07, 6.45) is -4.69. The van der Waals surface area contributed by atoms with Crippen molar-refractivity contribution >= 4 is 17.0 Å². The number of nitrogens with one attached hydrogen (secondary N) is 1. The molecule has 0 aliphatic heterocycles. The van der Waals surface area contributed by atoms with Gasteiger partial charge < -0.3 is 14.2 Å². The average molecular weight is 447 g/mol. The minimum atomic E-state index is -4.48. The fraction of sp³-hybridized carbons (Fsp3) is 0.227. The standard InChI is InChI=1S/C22H17F4N3O3/c1-2-17(22(24,25)26)20-28-29-21(32-20)27-11-12-3-8-15-16(10-19(30)31-18(15)9-12)13-4-6-14(23)7-5-13/h3-10,17H,2,11H2,1H3,(H,27,29). The van der Waals surface area contributed by atoms with Gasteiger partial charge in [-0.05, 0) is 41.3 Å². The zero-order valence-corrected chi connectivity index (χ0v) is 16.7. The maximum atomic E-state index is 13.2. The number of rotatable bonds is 6. The molecule has 0 amide bonds. The lowest BCUT2D eigenvalue weighted by Gasteiger charge is -2.13. The van der Waals surface area contributed by atoms with Crippen LogP contribution < -0.4 is 10.9 Å². The zero-order valence-electron chi connectivity index (χ0n) is 16.7. The Bertz CT molecular complexity index is 1300. The third kappa shape index (κ3) is 4.48. The molecule has 2 aromatic heterocycles. The van der Waals surface area contributed by atoms with Crippen LogP contribution >= 0.6 is 0 Å². The van der Waals surface area contributed by atoms with E-state index >= 15 is 0 Å². The van der Waals surface area contributed by atoms with Crippen molar-refractivity contribution in [3.63, 3.8) is 0 Å². The largest absolute Gasteiger partial charge is 0.423 e. The summed E-state index contributed by atoms with van der Waals surface area (Å²) >= 11 is 0. The molecule has 1 N–H and O–H groups in total. The van der Waals surface area contributed by atoms with Gasteiger partial charge in [-0.2, -0.15) is 13.2 Å². The number of benzene rings is 2. The summed E-state index contributed by atoms with van der Waals surface area (Å²) in [5, 5.41) is 10.5. The van der Waals surface area contributed by atoms with Crippen LogP contribution in [0.5, 0.6) is 0 Å². The molecule has 0 spiro atoms. The molecule has 2 aromatic carbocycles. The first-order valence-corrected chi connectivity index (χ1v) is 9.71. The van der Waals surface area contributed by atoms with Gasteiger partial charge in [-0.25, -0.2) is 9.18 Å². The number of hydrogen-bond donors (Lipinski definition) is 1. The monoisotopic (exact) mass is 447 g/mol. The topological polar surface area (TPSA) is 81.2 Å². The Morgan fingerprint density at radius 2 is 1.78 bits per heavy atom. The molecular weight excluding hydrogens is 430 g/mol. The Balaban J connectivity index is 1.57. The predicted molar refractivity (Wildman–Crippen MR) is 109 cm³/mol. The van der Waals surface area contributed by atoms with Crippen LogP contribution in [0.25, 0.3) is 22.1 Å². The number of hydrogen-bond acceptors (Lipinski definition) is 6. The molecule has 0 aliphatic rings. The Morgan fingerprint density at radius 1 is 1.03 bits per heavy atom. The molecule has 0 saturated heterocycles. The lowest BCUT2D eigenvalue weighted by molar-refractivity contribution is -0.155. The van der Waals surface area contributed by atoms with Gasteiger partial charge in [-0.1, -0.05) is 36.3 Å². The number of anilines is 1. The highest BCUT2D eigenvalue weighted by atomic mass is 19.4. The van der Waals surface area contributed by atoms with Gasteiger partial charge in [0.15, 0.2) is 0 Å². The minimum absolute atomic E-state index is 0.144. The van der Waals surface area contributed by atoms with Crippen molar-refractivity contribution in [1.29, 1.82) is 0 Å². The van der Waals surface area contributed by atoms with Gasteiger partial charge in [0, 0.05) is 18.0 Å². The van der Waals surface area contributed by atoms with E-state index in [-0.39, 0.29) is 24.8 Å². The number of fused-ring (bicyclic) bond motifs is 1. The second kappa shape index (κ2) is 8.45. The van der Waals surface area contributed by atoms with E-state index in [1.54, 1.807) is 30.3 Å². The summed E-state index contributed by atoms with van der Waals surface area (Å²) in [5.74, 6) is -2.72. The van der Waals surface area contributed by atoms with E-state index in [4.69, 9.17) is 8.83 Å². The van der Waals surface area contributed by atoms with Crippen molar-refractivity contribution in [2.75, 3.05) is 5.32 Å². The summed E-state index contributed by atoms with van der Waals surface area (Å²) in [7, 11) is 0. The van der Waals surface area contributed by atoms with Crippen LogP contribution in [0.15, 0.2) is 62.2 Å². The van der Waals surface area contributed by atoms with Crippen LogP contribution in [0.1, 0.15) is 30.7 Å². The third-order valence-corrected chi connectivity index (χ3v) is 4.95. The first-order chi connectivity index (χ1) is 15.2. The highest BCUT2D eigenvalue weighted by Gasteiger charge is 2.43. The molecule has 0 fully saturated rings. The maximum Gasteiger partial charge on any atom is 0.400 e. The number of alkyl halides is 3. The molecule has 10 heteroatoms. The molecule has 32 heavy (non-hydrogen) atoms. The van der Waals surface area contributed by atoms with Crippen LogP contribution in [0.4, 0.5) is 23.6 Å². The first kappa shape index (κ1) is 21.5. The van der Waals surface area contributed by atoms with Crippen LogP contribution in [-0.2, 0) is 6.54 Å². The second-order valence-electron chi connectivity index (χ2n) is 7.12. The first-order valence-electron chi connectivity index (χ1n) is 9.71. The molecular formula is C22H17F4N3O3. The quantitative estimate of drug-likeness (QED) is 0.304. The molecule has 4 aromatic rings. The normalized spacial score (nSPS) is 12.8. The summed E-state index contributed by atoms with van der Waals surface area (Å²) in [5.41, 5.74) is 1.66. The Hall–Kier alpha value is -3.69. The van der Waals surface area contributed by atoms with E-state index in [0.29, 0.717) is 27.7 Å². The fourth-order valence-electron chi connectivity index (χ4n) is 3.36. The van der Waals surface area contributed by atoms with Crippen LogP contribution in [-0.4, -0.2) is 16.4 Å². The SMILES string of the molecule is CCC(c1nnc(NCc2ccc3c(-c4ccc(F)cc4)cc(=O)oc3c2)o1)C(F)(F)F.